The predicted molar refractivity (Wildman–Crippen MR) is 274 cm³/mol. The zero-order valence-electron chi connectivity index (χ0n) is 35.6. The lowest BCUT2D eigenvalue weighted by Crippen LogP contribution is -2.15. The Hall–Kier alpha value is -8.66. The van der Waals surface area contributed by atoms with E-state index in [1.54, 1.807) is 0 Å². The highest BCUT2D eigenvalue weighted by molar-refractivity contribution is 6.19. The highest BCUT2D eigenvalue weighted by Gasteiger charge is 2.27. The minimum atomic E-state index is 0.811. The minimum absolute atomic E-state index is 0.811. The number of nitrogens with zero attached hydrogens (tertiary/aromatic N) is 2. The van der Waals surface area contributed by atoms with Gasteiger partial charge in [0.05, 0.1) is 17.1 Å². The molecule has 0 bridgehead atoms. The quantitative estimate of drug-likeness (QED) is 0.144. The molecule has 306 valence electrons. The minimum Gasteiger partial charge on any atom is -0.453 e. The zero-order chi connectivity index (χ0) is 43.1. The summed E-state index contributed by atoms with van der Waals surface area (Å²) in [5.41, 5.74) is 14.7. The molecular formula is C62H42N2O. The van der Waals surface area contributed by atoms with Crippen molar-refractivity contribution in [3.05, 3.63) is 255 Å². The number of rotatable bonds is 9. The van der Waals surface area contributed by atoms with Crippen molar-refractivity contribution in [2.24, 2.45) is 0 Å². The van der Waals surface area contributed by atoms with E-state index in [4.69, 9.17) is 4.42 Å². The molecule has 1 aromatic heterocycles. The van der Waals surface area contributed by atoms with Gasteiger partial charge in [-0.1, -0.05) is 200 Å². The van der Waals surface area contributed by atoms with E-state index in [1.165, 1.54) is 21.9 Å². The molecule has 0 unspecified atom stereocenters. The molecule has 0 amide bonds. The van der Waals surface area contributed by atoms with Crippen LogP contribution in [0.2, 0.25) is 0 Å². The number of anilines is 6. The Morgan fingerprint density at radius 1 is 0.246 bits per heavy atom. The van der Waals surface area contributed by atoms with Crippen molar-refractivity contribution in [2.45, 2.75) is 0 Å². The molecule has 0 saturated carbocycles. The van der Waals surface area contributed by atoms with Crippen molar-refractivity contribution >= 4 is 77.6 Å². The highest BCUT2D eigenvalue weighted by Crippen LogP contribution is 2.51. The number of benzene rings is 11. The number of para-hydroxylation sites is 3. The first-order valence-electron chi connectivity index (χ1n) is 22.2. The van der Waals surface area contributed by atoms with Crippen LogP contribution in [0.25, 0.3) is 76.9 Å². The van der Waals surface area contributed by atoms with Gasteiger partial charge in [-0.3, -0.25) is 0 Å². The van der Waals surface area contributed by atoms with Crippen molar-refractivity contribution in [3.8, 4) is 33.4 Å². The molecule has 12 aromatic rings. The largest absolute Gasteiger partial charge is 0.453 e. The molecule has 0 spiro atoms. The second-order valence-corrected chi connectivity index (χ2v) is 16.5. The molecule has 1 heterocycles. The molecule has 0 aliphatic heterocycles. The van der Waals surface area contributed by atoms with E-state index >= 15 is 0 Å². The number of hydrogen-bond acceptors (Lipinski definition) is 3. The number of furan rings is 1. The molecule has 0 radical (unpaired) electrons. The van der Waals surface area contributed by atoms with Gasteiger partial charge in [0, 0.05) is 44.3 Å². The van der Waals surface area contributed by atoms with E-state index in [0.717, 1.165) is 89.1 Å². The molecule has 3 nitrogen and oxygen atoms in total. The molecule has 0 saturated heterocycles. The van der Waals surface area contributed by atoms with Gasteiger partial charge in [0.1, 0.15) is 5.58 Å². The van der Waals surface area contributed by atoms with E-state index in [0.29, 0.717) is 0 Å². The normalized spacial score (nSPS) is 11.4. The molecule has 3 heteroatoms. The summed E-state index contributed by atoms with van der Waals surface area (Å²) in [5, 5.41) is 6.73. The maximum Gasteiger partial charge on any atom is 0.159 e. The molecule has 0 aliphatic carbocycles. The monoisotopic (exact) mass is 830 g/mol. The Labute approximate surface area is 378 Å². The first kappa shape index (κ1) is 38.0. The average molecular weight is 831 g/mol. The SMILES string of the molecule is c1ccc(-c2ccc(N(c3ccccc3-c3ccccc3)c3cc(N(c4ccccc4)c4ccccc4-c4cccc5ccccc45)cc4c3oc3c5ccccc5ccc43)cc2)cc1. The van der Waals surface area contributed by atoms with Gasteiger partial charge in [0.2, 0.25) is 0 Å². The number of hydrogen-bond donors (Lipinski definition) is 0. The molecule has 0 aliphatic rings. The van der Waals surface area contributed by atoms with Gasteiger partial charge in [-0.25, -0.2) is 0 Å². The maximum atomic E-state index is 7.29. The zero-order valence-corrected chi connectivity index (χ0v) is 35.6. The maximum absolute atomic E-state index is 7.29. The lowest BCUT2D eigenvalue weighted by molar-refractivity contribution is 0.673. The van der Waals surface area contributed by atoms with Crippen LogP contribution in [-0.2, 0) is 0 Å². The summed E-state index contributed by atoms with van der Waals surface area (Å²) in [7, 11) is 0. The Bertz CT molecular complexity index is 3650. The summed E-state index contributed by atoms with van der Waals surface area (Å²) in [4.78, 5) is 4.81. The summed E-state index contributed by atoms with van der Waals surface area (Å²) in [5.74, 6) is 0. The third-order valence-corrected chi connectivity index (χ3v) is 12.6. The van der Waals surface area contributed by atoms with Gasteiger partial charge >= 0.3 is 0 Å². The van der Waals surface area contributed by atoms with Gasteiger partial charge < -0.3 is 14.2 Å². The standard InChI is InChI=1S/C62H42N2O/c1-4-19-43(20-5-1)44-35-38-49(39-36-44)64(58-33-16-14-29-52(58)46-21-6-2-7-22-46)60-42-50(41-57-56-40-37-47-24-11-13-30-53(47)61(56)65-62(57)60)63(48-26-8-3-9-27-48)59-34-17-15-31-55(59)54-32-18-25-45-23-10-12-28-51(45)54/h1-42H. The van der Waals surface area contributed by atoms with Crippen LogP contribution in [0, 0.1) is 0 Å². The molecule has 0 atom stereocenters. The average Bonchev–Trinajstić information content (AvgIpc) is 3.77. The van der Waals surface area contributed by atoms with Gasteiger partial charge in [0.25, 0.3) is 0 Å². The van der Waals surface area contributed by atoms with Crippen LogP contribution in [0.1, 0.15) is 0 Å². The van der Waals surface area contributed by atoms with Gasteiger partial charge in [0.15, 0.2) is 5.58 Å². The molecule has 65 heavy (non-hydrogen) atoms. The van der Waals surface area contributed by atoms with Crippen LogP contribution in [0.4, 0.5) is 34.1 Å². The van der Waals surface area contributed by atoms with Gasteiger partial charge in [-0.2, -0.15) is 0 Å². The van der Waals surface area contributed by atoms with Crippen LogP contribution in [0.15, 0.2) is 259 Å². The molecule has 0 fully saturated rings. The van der Waals surface area contributed by atoms with Crippen LogP contribution >= 0.6 is 0 Å². The third kappa shape index (κ3) is 6.78. The Balaban J connectivity index is 1.18. The summed E-state index contributed by atoms with van der Waals surface area (Å²) < 4.78 is 7.29. The Kier molecular flexibility index (Phi) is 9.50. The van der Waals surface area contributed by atoms with Crippen molar-refractivity contribution in [3.63, 3.8) is 0 Å². The van der Waals surface area contributed by atoms with E-state index in [-0.39, 0.29) is 0 Å². The predicted octanol–water partition coefficient (Wildman–Crippen LogP) is 17.8. The van der Waals surface area contributed by atoms with Crippen molar-refractivity contribution < 1.29 is 4.42 Å². The second-order valence-electron chi connectivity index (χ2n) is 16.5. The van der Waals surface area contributed by atoms with Crippen LogP contribution in [0.3, 0.4) is 0 Å². The Morgan fingerprint density at radius 3 is 1.51 bits per heavy atom. The van der Waals surface area contributed by atoms with Crippen LogP contribution < -0.4 is 9.80 Å². The lowest BCUT2D eigenvalue weighted by Gasteiger charge is -2.31. The summed E-state index contributed by atoms with van der Waals surface area (Å²) >= 11 is 0. The van der Waals surface area contributed by atoms with E-state index in [9.17, 15) is 0 Å². The molecule has 12 rings (SSSR count). The first-order chi connectivity index (χ1) is 32.3. The second kappa shape index (κ2) is 16.2. The fourth-order valence-corrected chi connectivity index (χ4v) is 9.60. The molecule has 0 N–H and O–H groups in total. The molecular weight excluding hydrogens is 789 g/mol. The van der Waals surface area contributed by atoms with Crippen molar-refractivity contribution in [1.29, 1.82) is 0 Å². The highest BCUT2D eigenvalue weighted by atomic mass is 16.3. The summed E-state index contributed by atoms with van der Waals surface area (Å²) in [6.07, 6.45) is 0. The lowest BCUT2D eigenvalue weighted by atomic mass is 9.96. The first-order valence-corrected chi connectivity index (χ1v) is 22.2. The fourth-order valence-electron chi connectivity index (χ4n) is 9.60. The summed E-state index contributed by atoms with van der Waals surface area (Å²) in [6, 6.07) is 91.3. The molecule has 11 aromatic carbocycles. The van der Waals surface area contributed by atoms with Crippen molar-refractivity contribution in [2.75, 3.05) is 9.80 Å². The third-order valence-electron chi connectivity index (χ3n) is 12.6. The summed E-state index contributed by atoms with van der Waals surface area (Å²) in [6.45, 7) is 0. The van der Waals surface area contributed by atoms with Crippen LogP contribution in [-0.4, -0.2) is 0 Å². The van der Waals surface area contributed by atoms with Gasteiger partial charge in [-0.15, -0.1) is 0 Å². The smallest absolute Gasteiger partial charge is 0.159 e. The van der Waals surface area contributed by atoms with E-state index < -0.39 is 0 Å². The van der Waals surface area contributed by atoms with E-state index in [2.05, 4.69) is 265 Å². The van der Waals surface area contributed by atoms with Crippen LogP contribution in [0.5, 0.6) is 0 Å². The fraction of sp³-hybridized carbons (Fsp3) is 0. The number of fused-ring (bicyclic) bond motifs is 6. The Morgan fingerprint density at radius 2 is 0.769 bits per heavy atom. The van der Waals surface area contributed by atoms with Gasteiger partial charge in [-0.05, 0) is 93.0 Å². The van der Waals surface area contributed by atoms with Crippen molar-refractivity contribution in [1.82, 2.24) is 0 Å². The topological polar surface area (TPSA) is 19.6 Å². The van der Waals surface area contributed by atoms with E-state index in [1.807, 2.05) is 0 Å².